The number of aromatic nitrogens is 2. The summed E-state index contributed by atoms with van der Waals surface area (Å²) in [6.45, 7) is 2.87. The Hall–Kier alpha value is -3.85. The molecule has 9 heteroatoms. The lowest BCUT2D eigenvalue weighted by molar-refractivity contribution is -0.136. The number of carbonyl (C=O) groups excluding carboxylic acids is 3. The number of pyridine rings is 2. The van der Waals surface area contributed by atoms with Crippen molar-refractivity contribution in [1.29, 1.82) is 0 Å². The zero-order valence-electron chi connectivity index (χ0n) is 19.1. The standard InChI is InChI=1S/C26H25N5O4/c32-24-6-5-23(25(33)29-24)31-14-17-11-18(3-4-20(17)26(31)34)35-19-7-9-30(15-19)13-16-10-22-21(28-12-16)2-1-8-27-22/h1-4,8,10-12,19,23H,5-7,9,13-15H2,(H,29,32,33)/t19-,23?/m0/s1. The number of carbonyl (C=O) groups is 3. The first-order valence-corrected chi connectivity index (χ1v) is 11.9. The van der Waals surface area contributed by atoms with Gasteiger partial charge < -0.3 is 9.64 Å². The fourth-order valence-corrected chi connectivity index (χ4v) is 5.19. The van der Waals surface area contributed by atoms with E-state index in [2.05, 4.69) is 26.3 Å². The van der Waals surface area contributed by atoms with Gasteiger partial charge in [0.15, 0.2) is 0 Å². The first-order valence-electron chi connectivity index (χ1n) is 11.9. The van der Waals surface area contributed by atoms with Gasteiger partial charge >= 0.3 is 0 Å². The maximum Gasteiger partial charge on any atom is 0.255 e. The number of amides is 3. The Morgan fingerprint density at radius 1 is 1.06 bits per heavy atom. The molecule has 6 rings (SSSR count). The fraction of sp³-hybridized carbons (Fsp3) is 0.346. The van der Waals surface area contributed by atoms with Crippen molar-refractivity contribution in [1.82, 2.24) is 25.1 Å². The van der Waals surface area contributed by atoms with E-state index in [0.29, 0.717) is 18.5 Å². The second-order valence-electron chi connectivity index (χ2n) is 9.37. The molecule has 5 heterocycles. The minimum Gasteiger partial charge on any atom is -0.489 e. The van der Waals surface area contributed by atoms with E-state index in [9.17, 15) is 14.4 Å². The van der Waals surface area contributed by atoms with Crippen LogP contribution >= 0.6 is 0 Å². The summed E-state index contributed by atoms with van der Waals surface area (Å²) < 4.78 is 6.27. The molecular formula is C26H25N5O4. The molecule has 0 bridgehead atoms. The molecule has 2 fully saturated rings. The van der Waals surface area contributed by atoms with Gasteiger partial charge in [0.1, 0.15) is 17.9 Å². The molecule has 3 amide bonds. The number of fused-ring (bicyclic) bond motifs is 2. The summed E-state index contributed by atoms with van der Waals surface area (Å²) >= 11 is 0. The number of nitrogens with one attached hydrogen (secondary N) is 1. The van der Waals surface area contributed by atoms with Gasteiger partial charge in [-0.05, 0) is 60.4 Å². The van der Waals surface area contributed by atoms with Gasteiger partial charge in [0.25, 0.3) is 5.91 Å². The predicted molar refractivity (Wildman–Crippen MR) is 126 cm³/mol. The van der Waals surface area contributed by atoms with Crippen LogP contribution in [0.2, 0.25) is 0 Å². The highest BCUT2D eigenvalue weighted by atomic mass is 16.5. The van der Waals surface area contributed by atoms with Gasteiger partial charge in [0.05, 0.1) is 11.0 Å². The highest BCUT2D eigenvalue weighted by Crippen LogP contribution is 2.31. The third-order valence-corrected chi connectivity index (χ3v) is 6.94. The fourth-order valence-electron chi connectivity index (χ4n) is 5.19. The van der Waals surface area contributed by atoms with Gasteiger partial charge in [-0.25, -0.2) is 0 Å². The number of rotatable bonds is 5. The summed E-state index contributed by atoms with van der Waals surface area (Å²) in [6.07, 6.45) is 5.26. The number of hydrogen-bond acceptors (Lipinski definition) is 7. The largest absolute Gasteiger partial charge is 0.489 e. The van der Waals surface area contributed by atoms with Crippen molar-refractivity contribution < 1.29 is 19.1 Å². The third kappa shape index (κ3) is 4.23. The monoisotopic (exact) mass is 471 g/mol. The second-order valence-corrected chi connectivity index (χ2v) is 9.37. The Labute approximate surface area is 202 Å². The van der Waals surface area contributed by atoms with Crippen LogP contribution in [0, 0.1) is 0 Å². The molecule has 1 N–H and O–H groups in total. The zero-order valence-corrected chi connectivity index (χ0v) is 19.1. The van der Waals surface area contributed by atoms with Gasteiger partial charge in [0.2, 0.25) is 11.8 Å². The van der Waals surface area contributed by atoms with Crippen LogP contribution in [0.25, 0.3) is 11.0 Å². The lowest BCUT2D eigenvalue weighted by Crippen LogP contribution is -2.52. The number of ether oxygens (including phenoxy) is 1. The number of nitrogens with zero attached hydrogens (tertiary/aromatic N) is 4. The van der Waals surface area contributed by atoms with Crippen LogP contribution in [0.15, 0.2) is 48.8 Å². The topological polar surface area (TPSA) is 105 Å². The van der Waals surface area contributed by atoms with E-state index in [0.717, 1.165) is 54.0 Å². The Morgan fingerprint density at radius 2 is 1.97 bits per heavy atom. The Morgan fingerprint density at radius 3 is 2.86 bits per heavy atom. The van der Waals surface area contributed by atoms with Crippen LogP contribution in [0.3, 0.4) is 0 Å². The zero-order chi connectivity index (χ0) is 23.9. The molecule has 0 saturated carbocycles. The molecule has 0 radical (unpaired) electrons. The molecule has 1 unspecified atom stereocenters. The Kier molecular flexibility index (Phi) is 5.41. The molecule has 9 nitrogen and oxygen atoms in total. The number of hydrogen-bond donors (Lipinski definition) is 1. The molecule has 3 aliphatic rings. The third-order valence-electron chi connectivity index (χ3n) is 6.94. The van der Waals surface area contributed by atoms with Crippen molar-refractivity contribution in [2.24, 2.45) is 0 Å². The average molecular weight is 472 g/mol. The molecule has 3 aliphatic heterocycles. The lowest BCUT2D eigenvalue weighted by Gasteiger charge is -2.29. The molecule has 1 aromatic carbocycles. The van der Waals surface area contributed by atoms with Crippen molar-refractivity contribution in [3.63, 3.8) is 0 Å². The molecule has 2 aromatic heterocycles. The van der Waals surface area contributed by atoms with E-state index >= 15 is 0 Å². The molecule has 2 saturated heterocycles. The van der Waals surface area contributed by atoms with Gasteiger partial charge in [-0.2, -0.15) is 0 Å². The maximum atomic E-state index is 12.9. The summed E-state index contributed by atoms with van der Waals surface area (Å²) in [7, 11) is 0. The minimum absolute atomic E-state index is 0.0583. The van der Waals surface area contributed by atoms with Crippen molar-refractivity contribution in [2.75, 3.05) is 13.1 Å². The molecule has 2 atom stereocenters. The van der Waals surface area contributed by atoms with Crippen molar-refractivity contribution in [2.45, 2.75) is 44.5 Å². The predicted octanol–water partition coefficient (Wildman–Crippen LogP) is 2.04. The smallest absolute Gasteiger partial charge is 0.255 e. The quantitative estimate of drug-likeness (QED) is 0.568. The first kappa shape index (κ1) is 21.7. The molecule has 0 spiro atoms. The maximum absolute atomic E-state index is 12.9. The van der Waals surface area contributed by atoms with Crippen LogP contribution in [-0.4, -0.2) is 62.7 Å². The van der Waals surface area contributed by atoms with Crippen LogP contribution in [0.5, 0.6) is 5.75 Å². The molecule has 0 aliphatic carbocycles. The van der Waals surface area contributed by atoms with E-state index in [1.807, 2.05) is 30.5 Å². The van der Waals surface area contributed by atoms with Crippen LogP contribution in [-0.2, 0) is 22.7 Å². The number of likely N-dealkylation sites (tertiary alicyclic amines) is 1. The molecular weight excluding hydrogens is 446 g/mol. The summed E-state index contributed by atoms with van der Waals surface area (Å²) in [6, 6.07) is 10.8. The van der Waals surface area contributed by atoms with Gasteiger partial charge in [0, 0.05) is 50.6 Å². The number of benzene rings is 1. The Balaban J connectivity index is 1.08. The summed E-state index contributed by atoms with van der Waals surface area (Å²) in [5.41, 5.74) is 4.36. The summed E-state index contributed by atoms with van der Waals surface area (Å²) in [5, 5.41) is 2.33. The van der Waals surface area contributed by atoms with Crippen molar-refractivity contribution in [3.05, 3.63) is 65.5 Å². The molecule has 3 aromatic rings. The normalized spacial score (nSPS) is 22.5. The van der Waals surface area contributed by atoms with E-state index in [1.165, 1.54) is 0 Å². The van der Waals surface area contributed by atoms with Gasteiger partial charge in [-0.3, -0.25) is 34.6 Å². The lowest BCUT2D eigenvalue weighted by atomic mass is 10.0. The van der Waals surface area contributed by atoms with Crippen LogP contribution in [0.4, 0.5) is 0 Å². The Bertz CT molecular complexity index is 1340. The summed E-state index contributed by atoms with van der Waals surface area (Å²) in [5.74, 6) is -0.135. The van der Waals surface area contributed by atoms with E-state index in [1.54, 1.807) is 17.2 Å². The van der Waals surface area contributed by atoms with E-state index in [4.69, 9.17) is 4.74 Å². The van der Waals surface area contributed by atoms with Crippen molar-refractivity contribution in [3.8, 4) is 5.75 Å². The van der Waals surface area contributed by atoms with E-state index < -0.39 is 11.9 Å². The minimum atomic E-state index is -0.611. The van der Waals surface area contributed by atoms with E-state index in [-0.39, 0.29) is 24.3 Å². The second kappa shape index (κ2) is 8.74. The van der Waals surface area contributed by atoms with Gasteiger partial charge in [-0.15, -0.1) is 0 Å². The molecule has 178 valence electrons. The van der Waals surface area contributed by atoms with Crippen LogP contribution in [0.1, 0.15) is 40.7 Å². The highest BCUT2D eigenvalue weighted by Gasteiger charge is 2.39. The molecule has 35 heavy (non-hydrogen) atoms. The van der Waals surface area contributed by atoms with Crippen LogP contribution < -0.4 is 10.1 Å². The average Bonchev–Trinajstić information content (AvgIpc) is 3.42. The number of piperidine rings is 1. The SMILES string of the molecule is O=C1CCC(N2Cc3cc(O[C@H]4CCN(Cc5cnc6cccnc6c5)C4)ccc3C2=O)C(=O)N1. The highest BCUT2D eigenvalue weighted by molar-refractivity contribution is 6.05. The summed E-state index contributed by atoms with van der Waals surface area (Å²) in [4.78, 5) is 49.4. The first-order chi connectivity index (χ1) is 17.0. The number of imide groups is 1. The van der Waals surface area contributed by atoms with Crippen molar-refractivity contribution >= 4 is 28.8 Å². The van der Waals surface area contributed by atoms with Gasteiger partial charge in [-0.1, -0.05) is 0 Å².